The van der Waals surface area contributed by atoms with Gasteiger partial charge in [-0.05, 0) is 30.2 Å². The Morgan fingerprint density at radius 3 is 2.56 bits per heavy atom. The van der Waals surface area contributed by atoms with Gasteiger partial charge in [-0.25, -0.2) is 0 Å². The van der Waals surface area contributed by atoms with Gasteiger partial charge in [0.05, 0.1) is 5.69 Å². The van der Waals surface area contributed by atoms with E-state index in [1.165, 1.54) is 6.07 Å². The summed E-state index contributed by atoms with van der Waals surface area (Å²) in [5.74, 6) is 0.445. The van der Waals surface area contributed by atoms with E-state index in [9.17, 15) is 10.0 Å². The second kappa shape index (κ2) is 4.73. The van der Waals surface area contributed by atoms with Crippen LogP contribution >= 0.6 is 0 Å². The molecule has 0 aliphatic heterocycles. The normalized spacial score (nSPS) is 13.8. The largest absolute Gasteiger partial charge is 0.425 e. The van der Waals surface area contributed by atoms with Gasteiger partial charge in [0.2, 0.25) is 0 Å². The first-order valence-electron chi connectivity index (χ1n) is 5.70. The molecule has 1 aromatic rings. The van der Waals surface area contributed by atoms with E-state index in [-0.39, 0.29) is 11.0 Å². The molecule has 0 bridgehead atoms. The maximum atomic E-state index is 11.2. The third-order valence-corrected chi connectivity index (χ3v) is 2.53. The molecule has 0 spiro atoms. The Bertz CT molecular complexity index is 401. The predicted octanol–water partition coefficient (Wildman–Crippen LogP) is 2.70. The maximum Gasteiger partial charge on any atom is 0.283 e. The highest BCUT2D eigenvalue weighted by atomic mass is 16.5. The lowest BCUT2D eigenvalue weighted by molar-refractivity contribution is 0.160. The Labute approximate surface area is 96.7 Å². The van der Waals surface area contributed by atoms with Crippen molar-refractivity contribution in [1.29, 1.82) is 0 Å². The number of hydrogen-bond acceptors (Lipinski definition) is 2. The van der Waals surface area contributed by atoms with Gasteiger partial charge in [-0.3, -0.25) is 4.79 Å². The van der Waals surface area contributed by atoms with Crippen molar-refractivity contribution in [2.24, 2.45) is 11.3 Å². The average molecular weight is 223 g/mol. The first kappa shape index (κ1) is 12.8. The molecule has 1 heterocycles. The SMILES string of the molecule is CC(Cc1cccc(=O)n1O)CC(C)(C)C. The molecule has 0 aliphatic carbocycles. The Balaban J connectivity index is 2.74. The maximum absolute atomic E-state index is 11.2. The topological polar surface area (TPSA) is 42.2 Å². The molecule has 1 unspecified atom stereocenters. The molecular formula is C13H21NO2. The molecule has 16 heavy (non-hydrogen) atoms. The minimum absolute atomic E-state index is 0.273. The number of pyridine rings is 1. The van der Waals surface area contributed by atoms with E-state index in [1.807, 2.05) is 0 Å². The summed E-state index contributed by atoms with van der Waals surface area (Å²) < 4.78 is 0.749. The molecule has 1 aromatic heterocycles. The molecule has 1 N–H and O–H groups in total. The summed E-state index contributed by atoms with van der Waals surface area (Å²) in [6, 6.07) is 4.84. The van der Waals surface area contributed by atoms with E-state index in [0.717, 1.165) is 17.6 Å². The summed E-state index contributed by atoms with van der Waals surface area (Å²) >= 11 is 0. The lowest BCUT2D eigenvalue weighted by Gasteiger charge is -2.23. The van der Waals surface area contributed by atoms with Gasteiger partial charge in [-0.15, -0.1) is 0 Å². The van der Waals surface area contributed by atoms with Crippen LogP contribution in [0.25, 0.3) is 0 Å². The third-order valence-electron chi connectivity index (χ3n) is 2.53. The second-order valence-electron chi connectivity index (χ2n) is 5.74. The minimum Gasteiger partial charge on any atom is -0.425 e. The first-order chi connectivity index (χ1) is 7.29. The van der Waals surface area contributed by atoms with Crippen molar-refractivity contribution >= 4 is 0 Å². The van der Waals surface area contributed by atoms with Crippen LogP contribution in [0.3, 0.4) is 0 Å². The monoisotopic (exact) mass is 223 g/mol. The predicted molar refractivity (Wildman–Crippen MR) is 64.8 cm³/mol. The van der Waals surface area contributed by atoms with Crippen molar-refractivity contribution in [2.45, 2.75) is 40.5 Å². The number of nitrogens with zero attached hydrogens (tertiary/aromatic N) is 1. The summed E-state index contributed by atoms with van der Waals surface area (Å²) in [5, 5.41) is 9.55. The zero-order valence-corrected chi connectivity index (χ0v) is 10.5. The highest BCUT2D eigenvalue weighted by Gasteiger charge is 2.16. The Hall–Kier alpha value is -1.25. The van der Waals surface area contributed by atoms with E-state index >= 15 is 0 Å². The van der Waals surface area contributed by atoms with Crippen LogP contribution < -0.4 is 5.56 Å². The number of hydrogen-bond donors (Lipinski definition) is 1. The number of aromatic nitrogens is 1. The van der Waals surface area contributed by atoms with Crippen LogP contribution in [0.4, 0.5) is 0 Å². The molecule has 1 atom stereocenters. The lowest BCUT2D eigenvalue weighted by Crippen LogP contribution is -2.22. The van der Waals surface area contributed by atoms with Crippen LogP contribution in [0.1, 0.15) is 39.8 Å². The van der Waals surface area contributed by atoms with Crippen LogP contribution in [0.5, 0.6) is 0 Å². The zero-order valence-electron chi connectivity index (χ0n) is 10.5. The molecule has 0 aromatic carbocycles. The third kappa shape index (κ3) is 3.72. The highest BCUT2D eigenvalue weighted by Crippen LogP contribution is 2.25. The zero-order chi connectivity index (χ0) is 12.3. The van der Waals surface area contributed by atoms with E-state index in [1.54, 1.807) is 12.1 Å². The van der Waals surface area contributed by atoms with Crippen LogP contribution in [-0.2, 0) is 6.42 Å². The van der Waals surface area contributed by atoms with Gasteiger partial charge < -0.3 is 5.21 Å². The first-order valence-corrected chi connectivity index (χ1v) is 5.70. The van der Waals surface area contributed by atoms with Crippen molar-refractivity contribution in [3.63, 3.8) is 0 Å². The lowest BCUT2D eigenvalue weighted by atomic mass is 9.83. The standard InChI is InChI=1S/C13H21NO2/c1-10(9-13(2,3)4)8-11-6-5-7-12(15)14(11)16/h5-7,10,16H,8-9H2,1-4H3. The Morgan fingerprint density at radius 2 is 2.00 bits per heavy atom. The fourth-order valence-corrected chi connectivity index (χ4v) is 2.15. The van der Waals surface area contributed by atoms with Gasteiger partial charge in [0.15, 0.2) is 0 Å². The van der Waals surface area contributed by atoms with Crippen molar-refractivity contribution < 1.29 is 5.21 Å². The van der Waals surface area contributed by atoms with Gasteiger partial charge >= 0.3 is 0 Å². The van der Waals surface area contributed by atoms with Crippen molar-refractivity contribution in [3.05, 3.63) is 34.2 Å². The van der Waals surface area contributed by atoms with Crippen molar-refractivity contribution in [2.75, 3.05) is 0 Å². The van der Waals surface area contributed by atoms with Crippen LogP contribution in [0.2, 0.25) is 0 Å². The van der Waals surface area contributed by atoms with E-state index in [2.05, 4.69) is 27.7 Å². The van der Waals surface area contributed by atoms with Gasteiger partial charge in [0, 0.05) is 6.07 Å². The van der Waals surface area contributed by atoms with Gasteiger partial charge in [0.1, 0.15) is 0 Å². The van der Waals surface area contributed by atoms with E-state index < -0.39 is 0 Å². The quantitative estimate of drug-likeness (QED) is 0.800. The fourth-order valence-electron chi connectivity index (χ4n) is 2.15. The molecule has 3 nitrogen and oxygen atoms in total. The minimum atomic E-state index is -0.361. The number of rotatable bonds is 3. The molecule has 0 fully saturated rings. The smallest absolute Gasteiger partial charge is 0.283 e. The fraction of sp³-hybridized carbons (Fsp3) is 0.615. The molecule has 0 aliphatic rings. The van der Waals surface area contributed by atoms with E-state index in [0.29, 0.717) is 11.6 Å². The van der Waals surface area contributed by atoms with Crippen LogP contribution in [-0.4, -0.2) is 9.94 Å². The molecule has 0 saturated heterocycles. The van der Waals surface area contributed by atoms with Gasteiger partial charge in [-0.2, -0.15) is 4.73 Å². The summed E-state index contributed by atoms with van der Waals surface area (Å²) in [6.07, 6.45) is 1.79. The van der Waals surface area contributed by atoms with Crippen molar-refractivity contribution in [3.8, 4) is 0 Å². The highest BCUT2D eigenvalue weighted by molar-refractivity contribution is 5.06. The summed E-state index contributed by atoms with van der Waals surface area (Å²) in [4.78, 5) is 11.2. The molecule has 1 rings (SSSR count). The summed E-state index contributed by atoms with van der Waals surface area (Å²) in [7, 11) is 0. The van der Waals surface area contributed by atoms with E-state index in [4.69, 9.17) is 0 Å². The van der Waals surface area contributed by atoms with Crippen LogP contribution in [0, 0.1) is 11.3 Å². The van der Waals surface area contributed by atoms with Crippen LogP contribution in [0.15, 0.2) is 23.0 Å². The molecule has 0 radical (unpaired) electrons. The molecular weight excluding hydrogens is 202 g/mol. The van der Waals surface area contributed by atoms with Crippen molar-refractivity contribution in [1.82, 2.24) is 4.73 Å². The molecule has 0 amide bonds. The molecule has 3 heteroatoms. The average Bonchev–Trinajstić information content (AvgIpc) is 2.09. The second-order valence-corrected chi connectivity index (χ2v) is 5.74. The molecule has 90 valence electrons. The Kier molecular flexibility index (Phi) is 3.79. The molecule has 0 saturated carbocycles. The van der Waals surface area contributed by atoms with Gasteiger partial charge in [-0.1, -0.05) is 33.8 Å². The summed E-state index contributed by atoms with van der Waals surface area (Å²) in [5.41, 5.74) is 0.596. The summed E-state index contributed by atoms with van der Waals surface area (Å²) in [6.45, 7) is 8.73. The van der Waals surface area contributed by atoms with Gasteiger partial charge in [0.25, 0.3) is 5.56 Å². The Morgan fingerprint density at radius 1 is 1.38 bits per heavy atom.